The lowest BCUT2D eigenvalue weighted by Crippen LogP contribution is -2.58. The molecule has 0 fully saturated rings. The molecule has 0 saturated heterocycles. The number of carbonyl (C=O) groups excluding carboxylic acids is 4. The number of benzene rings is 2. The number of phenols is 2. The smallest absolute Gasteiger partial charge is 0.249 e. The first-order valence-electron chi connectivity index (χ1n) is 14.6. The maximum absolute atomic E-state index is 13.6. The number of aryl methyl sites for hydroxylation is 1. The molecule has 13 heteroatoms. The van der Waals surface area contributed by atoms with Crippen LogP contribution >= 0.6 is 0 Å². The second-order valence-electron chi connectivity index (χ2n) is 10.7. The van der Waals surface area contributed by atoms with Crippen LogP contribution in [0.3, 0.4) is 0 Å². The largest absolute Gasteiger partial charge is 0.508 e. The number of aliphatic imine (C=N–C) groups is 1. The highest BCUT2D eigenvalue weighted by atomic mass is 16.3. The molecular weight excluding hydrogens is 568 g/mol. The molecule has 0 aliphatic carbocycles. The summed E-state index contributed by atoms with van der Waals surface area (Å²) in [4.78, 5) is 55.3. The van der Waals surface area contributed by atoms with Crippen molar-refractivity contribution in [1.29, 1.82) is 0 Å². The Morgan fingerprint density at radius 1 is 0.864 bits per heavy atom. The lowest BCUT2D eigenvalue weighted by Gasteiger charge is -2.28. The number of nitrogens with two attached hydrogens (primary N) is 2. The number of amides is 3. The molecule has 240 valence electrons. The van der Waals surface area contributed by atoms with Crippen molar-refractivity contribution in [3.63, 3.8) is 0 Å². The number of hydrogen-bond acceptors (Lipinski definition) is 8. The molecule has 0 aliphatic rings. The number of aromatic hydroxyl groups is 2. The number of carbonyl (C=O) groups is 4. The number of phenolic OH excluding ortho intramolecular Hbond substituents is 2. The number of nitrogens with one attached hydrogen (secondary N) is 3. The number of hydrogen-bond donors (Lipinski definition) is 8. The van der Waals surface area contributed by atoms with Gasteiger partial charge in [-0.25, -0.2) is 0 Å². The Morgan fingerprint density at radius 2 is 1.45 bits per heavy atom. The van der Waals surface area contributed by atoms with E-state index in [0.29, 0.717) is 31.1 Å². The summed E-state index contributed by atoms with van der Waals surface area (Å²) in [5.41, 5.74) is 12.0. The summed E-state index contributed by atoms with van der Waals surface area (Å²) >= 11 is 0. The molecule has 0 heterocycles. The predicted octanol–water partition coefficient (Wildman–Crippen LogP) is 0.387. The van der Waals surface area contributed by atoms with Crippen LogP contribution in [-0.4, -0.2) is 76.1 Å². The first-order chi connectivity index (χ1) is 20.9. The Hall–Kier alpha value is -4.65. The van der Waals surface area contributed by atoms with Gasteiger partial charge in [0.15, 0.2) is 5.96 Å². The fourth-order valence-electron chi connectivity index (χ4n) is 4.38. The quantitative estimate of drug-likeness (QED) is 0.0503. The van der Waals surface area contributed by atoms with Crippen LogP contribution in [0.2, 0.25) is 0 Å². The summed E-state index contributed by atoms with van der Waals surface area (Å²) in [6.45, 7) is 3.92. The number of aliphatic hydroxyl groups is 1. The van der Waals surface area contributed by atoms with Gasteiger partial charge in [-0.3, -0.25) is 19.4 Å². The van der Waals surface area contributed by atoms with E-state index in [2.05, 4.69) is 20.9 Å². The predicted molar refractivity (Wildman–Crippen MR) is 165 cm³/mol. The maximum atomic E-state index is 13.6. The number of rotatable bonds is 18. The highest BCUT2D eigenvalue weighted by Gasteiger charge is 2.31. The van der Waals surface area contributed by atoms with Crippen LogP contribution in [0, 0.1) is 5.92 Å². The molecule has 0 aliphatic heterocycles. The van der Waals surface area contributed by atoms with E-state index in [1.54, 1.807) is 31.2 Å². The third-order valence-corrected chi connectivity index (χ3v) is 7.21. The van der Waals surface area contributed by atoms with Gasteiger partial charge >= 0.3 is 0 Å². The Bertz CT molecular complexity index is 1250. The van der Waals surface area contributed by atoms with Gasteiger partial charge in [0.05, 0.1) is 6.04 Å². The minimum absolute atomic E-state index is 0.0453. The molecule has 2 rings (SSSR count). The van der Waals surface area contributed by atoms with Crippen LogP contribution in [0.25, 0.3) is 0 Å². The van der Waals surface area contributed by atoms with E-state index in [0.717, 1.165) is 5.56 Å². The van der Waals surface area contributed by atoms with Crippen molar-refractivity contribution < 1.29 is 34.5 Å². The summed E-state index contributed by atoms with van der Waals surface area (Å²) in [5, 5.41) is 37.7. The standard InChI is InChI=1S/C31H44N6O7/c1-3-19(2)27(30(44)35-22(18-38)5-4-16-34-31(32)33)37-28(42)25(15-10-20-6-11-23(39)12-7-20)36-29(43)26(41)17-21-8-13-24(40)14-9-21/h6-9,11-14,18-19,22,25-27,39-41H,3-5,10,15-17H2,1-2H3,(H,35,44)(H,36,43)(H,37,42)(H4,32,33,34)/t19-,22?,25-,26?,27-/m1/s1. The van der Waals surface area contributed by atoms with Gasteiger partial charge in [0.2, 0.25) is 17.7 Å². The molecule has 0 bridgehead atoms. The summed E-state index contributed by atoms with van der Waals surface area (Å²) in [6, 6.07) is 9.47. The van der Waals surface area contributed by atoms with Crippen molar-refractivity contribution in [2.24, 2.45) is 22.4 Å². The zero-order chi connectivity index (χ0) is 32.6. The molecule has 2 unspecified atom stereocenters. The number of aldehydes is 1. The van der Waals surface area contributed by atoms with E-state index in [-0.39, 0.29) is 49.2 Å². The van der Waals surface area contributed by atoms with Gasteiger partial charge in [0.1, 0.15) is 36.0 Å². The van der Waals surface area contributed by atoms with Crippen molar-refractivity contribution in [3.05, 3.63) is 59.7 Å². The van der Waals surface area contributed by atoms with Gasteiger partial charge in [0, 0.05) is 13.0 Å². The van der Waals surface area contributed by atoms with E-state index >= 15 is 0 Å². The Balaban J connectivity index is 2.17. The van der Waals surface area contributed by atoms with Gasteiger partial charge < -0.3 is 47.5 Å². The summed E-state index contributed by atoms with van der Waals surface area (Å²) in [6.07, 6.45) is 0.818. The summed E-state index contributed by atoms with van der Waals surface area (Å²) in [5.74, 6) is -2.23. The van der Waals surface area contributed by atoms with E-state index in [9.17, 15) is 34.5 Å². The monoisotopic (exact) mass is 612 g/mol. The van der Waals surface area contributed by atoms with Crippen LogP contribution in [0.5, 0.6) is 11.5 Å². The SMILES string of the molecule is CC[C@@H](C)[C@@H](NC(=O)[C@@H](CCc1ccc(O)cc1)NC(=O)C(O)Cc1ccc(O)cc1)C(=O)NC(C=O)CCCN=C(N)N. The van der Waals surface area contributed by atoms with E-state index in [1.807, 2.05) is 6.92 Å². The van der Waals surface area contributed by atoms with Gasteiger partial charge in [0.25, 0.3) is 0 Å². The Labute approximate surface area is 257 Å². The van der Waals surface area contributed by atoms with Crippen LogP contribution in [0.4, 0.5) is 0 Å². The summed E-state index contributed by atoms with van der Waals surface area (Å²) < 4.78 is 0. The molecule has 10 N–H and O–H groups in total. The van der Waals surface area contributed by atoms with Gasteiger partial charge in [-0.2, -0.15) is 0 Å². The molecular formula is C31H44N6O7. The topological polar surface area (TPSA) is 229 Å². The molecule has 2 aromatic carbocycles. The minimum atomic E-state index is -1.48. The van der Waals surface area contributed by atoms with Crippen LogP contribution in [0.1, 0.15) is 50.7 Å². The molecule has 44 heavy (non-hydrogen) atoms. The van der Waals surface area contributed by atoms with E-state index < -0.39 is 42.0 Å². The molecule has 0 radical (unpaired) electrons. The van der Waals surface area contributed by atoms with Gasteiger partial charge in [-0.05, 0) is 67.0 Å². The van der Waals surface area contributed by atoms with Gasteiger partial charge in [-0.15, -0.1) is 0 Å². The van der Waals surface area contributed by atoms with Crippen LogP contribution in [0.15, 0.2) is 53.5 Å². The van der Waals surface area contributed by atoms with Crippen molar-refractivity contribution in [1.82, 2.24) is 16.0 Å². The molecule has 5 atom stereocenters. The van der Waals surface area contributed by atoms with E-state index in [1.165, 1.54) is 24.3 Å². The molecule has 0 spiro atoms. The second-order valence-corrected chi connectivity index (χ2v) is 10.7. The fourth-order valence-corrected chi connectivity index (χ4v) is 4.38. The first kappa shape index (κ1) is 35.5. The number of guanidine groups is 1. The summed E-state index contributed by atoms with van der Waals surface area (Å²) in [7, 11) is 0. The molecule has 0 aromatic heterocycles. The molecule has 3 amide bonds. The van der Waals surface area contributed by atoms with Crippen LogP contribution in [-0.2, 0) is 32.0 Å². The number of nitrogens with zero attached hydrogens (tertiary/aromatic N) is 1. The molecule has 0 saturated carbocycles. The third-order valence-electron chi connectivity index (χ3n) is 7.21. The zero-order valence-corrected chi connectivity index (χ0v) is 25.1. The maximum Gasteiger partial charge on any atom is 0.249 e. The average Bonchev–Trinajstić information content (AvgIpc) is 3.00. The third kappa shape index (κ3) is 12.3. The zero-order valence-electron chi connectivity index (χ0n) is 25.1. The fraction of sp³-hybridized carbons (Fsp3) is 0.452. The Kier molecular flexibility index (Phi) is 14.6. The highest BCUT2D eigenvalue weighted by molar-refractivity contribution is 5.93. The van der Waals surface area contributed by atoms with Crippen LogP contribution < -0.4 is 27.4 Å². The highest BCUT2D eigenvalue weighted by Crippen LogP contribution is 2.15. The van der Waals surface area contributed by atoms with E-state index in [4.69, 9.17) is 11.5 Å². The molecule has 13 nitrogen and oxygen atoms in total. The number of aliphatic hydroxyl groups excluding tert-OH is 1. The minimum Gasteiger partial charge on any atom is -0.508 e. The van der Waals surface area contributed by atoms with Gasteiger partial charge in [-0.1, -0.05) is 44.5 Å². The lowest BCUT2D eigenvalue weighted by atomic mass is 9.96. The second kappa shape index (κ2) is 18.1. The van der Waals surface area contributed by atoms with Crippen molar-refractivity contribution >= 4 is 30.0 Å². The first-order valence-corrected chi connectivity index (χ1v) is 14.6. The van der Waals surface area contributed by atoms with Crippen molar-refractivity contribution in [3.8, 4) is 11.5 Å². The Morgan fingerprint density at radius 3 is 2.00 bits per heavy atom. The lowest BCUT2D eigenvalue weighted by molar-refractivity contribution is -0.136. The van der Waals surface area contributed by atoms with Crippen molar-refractivity contribution in [2.75, 3.05) is 6.54 Å². The normalized spacial score (nSPS) is 14.2. The average molecular weight is 613 g/mol. The van der Waals surface area contributed by atoms with Crippen molar-refractivity contribution in [2.45, 2.75) is 76.6 Å². The molecule has 2 aromatic rings.